The molecular weight excluding hydrogens is 178 g/mol. The Labute approximate surface area is 85.8 Å². The van der Waals surface area contributed by atoms with Crippen molar-refractivity contribution in [3.8, 4) is 0 Å². The highest BCUT2D eigenvalue weighted by Gasteiger charge is 2.30. The normalized spacial score (nSPS) is 27.5. The maximum absolute atomic E-state index is 11.7. The Hall–Kier alpha value is -0.770. The fourth-order valence-corrected chi connectivity index (χ4v) is 2.11. The van der Waals surface area contributed by atoms with E-state index in [2.05, 4.69) is 12.2 Å². The number of amides is 2. The Morgan fingerprint density at radius 1 is 1.64 bits per heavy atom. The van der Waals surface area contributed by atoms with E-state index in [0.29, 0.717) is 19.0 Å². The van der Waals surface area contributed by atoms with Crippen molar-refractivity contribution in [2.24, 2.45) is 11.7 Å². The van der Waals surface area contributed by atoms with E-state index in [1.807, 2.05) is 11.8 Å². The lowest BCUT2D eigenvalue weighted by molar-refractivity contribution is 0.123. The molecule has 3 N–H and O–H groups in total. The number of rotatable bonds is 2. The molecule has 1 aliphatic rings. The largest absolute Gasteiger partial charge is 0.338 e. The van der Waals surface area contributed by atoms with E-state index < -0.39 is 0 Å². The molecule has 2 unspecified atom stereocenters. The summed E-state index contributed by atoms with van der Waals surface area (Å²) in [5, 5.41) is 2.83. The summed E-state index contributed by atoms with van der Waals surface area (Å²) in [6.07, 6.45) is 2.27. The molecule has 1 heterocycles. The number of carbonyl (C=O) groups is 1. The van der Waals surface area contributed by atoms with Crippen molar-refractivity contribution in [2.45, 2.75) is 32.7 Å². The minimum absolute atomic E-state index is 0.0366. The third-order valence-corrected chi connectivity index (χ3v) is 2.95. The van der Waals surface area contributed by atoms with Gasteiger partial charge in [-0.05, 0) is 25.7 Å². The molecule has 2 atom stereocenters. The molecular formula is C10H21N3O. The SMILES string of the molecule is CCNC(=O)N1CCCC(C)C1CN. The van der Waals surface area contributed by atoms with Crippen LogP contribution in [-0.2, 0) is 0 Å². The lowest BCUT2D eigenvalue weighted by atomic mass is 9.91. The zero-order chi connectivity index (χ0) is 10.6. The number of nitrogens with one attached hydrogen (secondary N) is 1. The van der Waals surface area contributed by atoms with Crippen LogP contribution in [0.5, 0.6) is 0 Å². The van der Waals surface area contributed by atoms with Gasteiger partial charge in [-0.25, -0.2) is 4.79 Å². The Bertz CT molecular complexity index is 196. The van der Waals surface area contributed by atoms with Crippen LogP contribution in [0.4, 0.5) is 4.79 Å². The number of urea groups is 1. The lowest BCUT2D eigenvalue weighted by Gasteiger charge is -2.39. The molecule has 0 saturated carbocycles. The monoisotopic (exact) mass is 199 g/mol. The highest BCUT2D eigenvalue weighted by atomic mass is 16.2. The van der Waals surface area contributed by atoms with Crippen LogP contribution in [0.2, 0.25) is 0 Å². The summed E-state index contributed by atoms with van der Waals surface area (Å²) < 4.78 is 0. The maximum atomic E-state index is 11.7. The van der Waals surface area contributed by atoms with E-state index in [-0.39, 0.29) is 12.1 Å². The predicted molar refractivity (Wildman–Crippen MR) is 57.0 cm³/mol. The maximum Gasteiger partial charge on any atom is 0.317 e. The van der Waals surface area contributed by atoms with Crippen LogP contribution < -0.4 is 11.1 Å². The van der Waals surface area contributed by atoms with Gasteiger partial charge in [0, 0.05) is 25.7 Å². The number of nitrogens with two attached hydrogens (primary N) is 1. The summed E-state index contributed by atoms with van der Waals surface area (Å²) in [5.74, 6) is 0.524. The highest BCUT2D eigenvalue weighted by Crippen LogP contribution is 2.22. The fraction of sp³-hybridized carbons (Fsp3) is 0.900. The van der Waals surface area contributed by atoms with Gasteiger partial charge in [0.1, 0.15) is 0 Å². The van der Waals surface area contributed by atoms with Crippen LogP contribution in [0.25, 0.3) is 0 Å². The van der Waals surface area contributed by atoms with Crippen LogP contribution in [0.15, 0.2) is 0 Å². The van der Waals surface area contributed by atoms with E-state index in [9.17, 15) is 4.79 Å². The van der Waals surface area contributed by atoms with Gasteiger partial charge in [-0.1, -0.05) is 6.92 Å². The first-order chi connectivity index (χ1) is 6.70. The van der Waals surface area contributed by atoms with E-state index in [1.54, 1.807) is 0 Å². The fourth-order valence-electron chi connectivity index (χ4n) is 2.11. The van der Waals surface area contributed by atoms with Gasteiger partial charge >= 0.3 is 6.03 Å². The number of piperidine rings is 1. The van der Waals surface area contributed by atoms with E-state index in [0.717, 1.165) is 13.0 Å². The molecule has 1 aliphatic heterocycles. The molecule has 1 saturated heterocycles. The van der Waals surface area contributed by atoms with Crippen molar-refractivity contribution in [1.29, 1.82) is 0 Å². The Morgan fingerprint density at radius 3 is 2.93 bits per heavy atom. The zero-order valence-electron chi connectivity index (χ0n) is 9.12. The minimum atomic E-state index is 0.0366. The standard InChI is InChI=1S/C10H21N3O/c1-3-12-10(14)13-6-4-5-8(2)9(13)7-11/h8-9H,3-7,11H2,1-2H3,(H,12,14). The molecule has 0 aromatic rings. The number of nitrogens with zero attached hydrogens (tertiary/aromatic N) is 1. The predicted octanol–water partition coefficient (Wildman–Crippen LogP) is 0.775. The van der Waals surface area contributed by atoms with Crippen LogP contribution in [0.1, 0.15) is 26.7 Å². The number of hydrogen-bond donors (Lipinski definition) is 2. The van der Waals surface area contributed by atoms with Gasteiger partial charge in [-0.3, -0.25) is 0 Å². The Morgan fingerprint density at radius 2 is 2.36 bits per heavy atom. The van der Waals surface area contributed by atoms with E-state index >= 15 is 0 Å². The first kappa shape index (κ1) is 11.3. The summed E-state index contributed by atoms with van der Waals surface area (Å²) in [5.41, 5.74) is 5.70. The van der Waals surface area contributed by atoms with Crippen molar-refractivity contribution in [3.05, 3.63) is 0 Å². The van der Waals surface area contributed by atoms with Crippen molar-refractivity contribution in [3.63, 3.8) is 0 Å². The Kier molecular flexibility index (Phi) is 4.20. The number of likely N-dealkylation sites (tertiary alicyclic amines) is 1. The van der Waals surface area contributed by atoms with Crippen LogP contribution in [-0.4, -0.2) is 36.6 Å². The van der Waals surface area contributed by atoms with Gasteiger partial charge in [0.2, 0.25) is 0 Å². The summed E-state index contributed by atoms with van der Waals surface area (Å²) in [6, 6.07) is 0.254. The molecule has 0 spiro atoms. The summed E-state index contributed by atoms with van der Waals surface area (Å²) in [6.45, 7) is 6.20. The van der Waals surface area contributed by atoms with Crippen molar-refractivity contribution >= 4 is 6.03 Å². The Balaban J connectivity index is 2.59. The molecule has 0 aliphatic carbocycles. The highest BCUT2D eigenvalue weighted by molar-refractivity contribution is 5.74. The minimum Gasteiger partial charge on any atom is -0.338 e. The third kappa shape index (κ3) is 2.38. The molecule has 1 fully saturated rings. The summed E-state index contributed by atoms with van der Waals surface area (Å²) in [4.78, 5) is 13.6. The third-order valence-electron chi connectivity index (χ3n) is 2.95. The van der Waals surface area contributed by atoms with Gasteiger partial charge in [-0.2, -0.15) is 0 Å². The van der Waals surface area contributed by atoms with Crippen LogP contribution in [0, 0.1) is 5.92 Å². The summed E-state index contributed by atoms with van der Waals surface area (Å²) in [7, 11) is 0. The number of carbonyl (C=O) groups excluding carboxylic acids is 1. The van der Waals surface area contributed by atoms with Gasteiger partial charge in [-0.15, -0.1) is 0 Å². The van der Waals surface area contributed by atoms with Gasteiger partial charge in [0.15, 0.2) is 0 Å². The molecule has 0 aromatic heterocycles. The number of hydrogen-bond acceptors (Lipinski definition) is 2. The lowest BCUT2D eigenvalue weighted by Crippen LogP contribution is -2.54. The topological polar surface area (TPSA) is 58.4 Å². The molecule has 0 bridgehead atoms. The van der Waals surface area contributed by atoms with Crippen molar-refractivity contribution in [1.82, 2.24) is 10.2 Å². The average Bonchev–Trinajstić information content (AvgIpc) is 2.17. The second-order valence-corrected chi connectivity index (χ2v) is 3.95. The quantitative estimate of drug-likeness (QED) is 0.690. The summed E-state index contributed by atoms with van der Waals surface area (Å²) >= 11 is 0. The first-order valence-corrected chi connectivity index (χ1v) is 5.45. The van der Waals surface area contributed by atoms with Gasteiger partial charge in [0.25, 0.3) is 0 Å². The smallest absolute Gasteiger partial charge is 0.317 e. The molecule has 4 heteroatoms. The average molecular weight is 199 g/mol. The molecule has 1 rings (SSSR count). The molecule has 0 aromatic carbocycles. The molecule has 82 valence electrons. The molecule has 4 nitrogen and oxygen atoms in total. The van der Waals surface area contributed by atoms with Crippen LogP contribution in [0.3, 0.4) is 0 Å². The molecule has 14 heavy (non-hydrogen) atoms. The van der Waals surface area contributed by atoms with Crippen LogP contribution >= 0.6 is 0 Å². The second-order valence-electron chi connectivity index (χ2n) is 3.95. The molecule has 2 amide bonds. The second kappa shape index (κ2) is 5.20. The first-order valence-electron chi connectivity index (χ1n) is 5.45. The van der Waals surface area contributed by atoms with E-state index in [4.69, 9.17) is 5.73 Å². The van der Waals surface area contributed by atoms with E-state index in [1.165, 1.54) is 6.42 Å². The van der Waals surface area contributed by atoms with Crippen molar-refractivity contribution < 1.29 is 4.79 Å². The zero-order valence-corrected chi connectivity index (χ0v) is 9.12. The molecule has 0 radical (unpaired) electrons. The van der Waals surface area contributed by atoms with Gasteiger partial charge < -0.3 is 16.0 Å². The van der Waals surface area contributed by atoms with Gasteiger partial charge in [0.05, 0.1) is 0 Å². The van der Waals surface area contributed by atoms with Crippen molar-refractivity contribution in [2.75, 3.05) is 19.6 Å².